The number of likely N-dealkylation sites (N-methyl/N-ethyl adjacent to an activating group) is 1. The zero-order chi connectivity index (χ0) is 23.4. The second kappa shape index (κ2) is 10.5. The molecule has 33 heavy (non-hydrogen) atoms. The van der Waals surface area contributed by atoms with E-state index in [1.807, 2.05) is 25.3 Å². The molecule has 1 aromatic carbocycles. The Hall–Kier alpha value is -2.70. The van der Waals surface area contributed by atoms with Gasteiger partial charge in [0.15, 0.2) is 0 Å². The summed E-state index contributed by atoms with van der Waals surface area (Å²) in [6.07, 6.45) is 7.14. The molecular weight excluding hydrogens is 414 g/mol. The number of hydrogen-bond donors (Lipinski definition) is 1. The van der Waals surface area contributed by atoms with Crippen molar-refractivity contribution in [3.8, 4) is 5.88 Å². The van der Waals surface area contributed by atoms with Crippen LogP contribution >= 0.6 is 0 Å². The van der Waals surface area contributed by atoms with E-state index in [4.69, 9.17) is 4.74 Å². The lowest BCUT2D eigenvalue weighted by atomic mass is 9.99. The third kappa shape index (κ3) is 5.45. The summed E-state index contributed by atoms with van der Waals surface area (Å²) in [5, 5.41) is 9.85. The molecule has 2 heterocycles. The topological polar surface area (TPSA) is 65.9 Å². The highest BCUT2D eigenvalue weighted by Crippen LogP contribution is 2.32. The number of amides is 1. The zero-order valence-corrected chi connectivity index (χ0v) is 19.9. The number of aliphatic hydroxyl groups excluding tert-OH is 1. The van der Waals surface area contributed by atoms with E-state index in [-0.39, 0.29) is 30.6 Å². The van der Waals surface area contributed by atoms with E-state index in [2.05, 4.69) is 54.2 Å². The number of hydrogen-bond acceptors (Lipinski definition) is 5. The second-order valence-corrected chi connectivity index (χ2v) is 9.50. The van der Waals surface area contributed by atoms with Gasteiger partial charge in [0.2, 0.25) is 5.88 Å². The maximum absolute atomic E-state index is 13.5. The van der Waals surface area contributed by atoms with Crippen LogP contribution < -0.4 is 4.74 Å². The molecule has 1 amide bonds. The summed E-state index contributed by atoms with van der Waals surface area (Å²) < 4.78 is 6.43. The van der Waals surface area contributed by atoms with Crippen molar-refractivity contribution in [1.82, 2.24) is 14.8 Å². The SMILES string of the molecule is C[C@@H]1CN([C@H](C)CO)C(=O)c2cc(C3=CCCC3)cnc2O[C@@H]1CN(C)Cc1ccccc1. The van der Waals surface area contributed by atoms with Gasteiger partial charge in [0.25, 0.3) is 5.91 Å². The third-order valence-corrected chi connectivity index (χ3v) is 6.72. The number of benzene rings is 1. The van der Waals surface area contributed by atoms with Gasteiger partial charge in [-0.3, -0.25) is 9.69 Å². The Morgan fingerprint density at radius 1 is 1.30 bits per heavy atom. The van der Waals surface area contributed by atoms with Gasteiger partial charge in [0, 0.05) is 31.7 Å². The molecule has 0 unspecified atom stereocenters. The minimum Gasteiger partial charge on any atom is -0.472 e. The minimum atomic E-state index is -0.275. The molecule has 0 radical (unpaired) electrons. The van der Waals surface area contributed by atoms with Crippen molar-refractivity contribution in [2.45, 2.75) is 51.8 Å². The number of aliphatic hydroxyl groups is 1. The predicted molar refractivity (Wildman–Crippen MR) is 130 cm³/mol. The number of ether oxygens (including phenoxy) is 1. The van der Waals surface area contributed by atoms with Crippen molar-refractivity contribution >= 4 is 11.5 Å². The molecule has 2 aromatic rings. The maximum Gasteiger partial charge on any atom is 0.259 e. The number of carbonyl (C=O) groups is 1. The molecule has 0 bridgehead atoms. The molecule has 0 saturated heterocycles. The van der Waals surface area contributed by atoms with Crippen LogP contribution in [0.5, 0.6) is 5.88 Å². The normalized spacial score (nSPS) is 21.8. The van der Waals surface area contributed by atoms with Gasteiger partial charge < -0.3 is 14.7 Å². The quantitative estimate of drug-likeness (QED) is 0.692. The van der Waals surface area contributed by atoms with Crippen LogP contribution in [-0.4, -0.2) is 64.7 Å². The Morgan fingerprint density at radius 2 is 2.09 bits per heavy atom. The van der Waals surface area contributed by atoms with Crippen molar-refractivity contribution in [3.05, 3.63) is 65.4 Å². The molecule has 4 rings (SSSR count). The Labute approximate surface area is 196 Å². The summed E-state index contributed by atoms with van der Waals surface area (Å²) in [7, 11) is 2.09. The molecule has 2 aliphatic rings. The van der Waals surface area contributed by atoms with Gasteiger partial charge in [0.1, 0.15) is 11.7 Å². The van der Waals surface area contributed by atoms with Crippen LogP contribution in [0.2, 0.25) is 0 Å². The first kappa shape index (κ1) is 23.5. The van der Waals surface area contributed by atoms with Crippen LogP contribution in [0.15, 0.2) is 48.7 Å². The number of nitrogens with zero attached hydrogens (tertiary/aromatic N) is 3. The smallest absolute Gasteiger partial charge is 0.259 e. The number of pyridine rings is 1. The Bertz CT molecular complexity index is 991. The van der Waals surface area contributed by atoms with Gasteiger partial charge in [-0.05, 0) is 56.0 Å². The Kier molecular flexibility index (Phi) is 7.46. The summed E-state index contributed by atoms with van der Waals surface area (Å²) in [5.74, 6) is 0.345. The molecule has 3 atom stereocenters. The van der Waals surface area contributed by atoms with Crippen LogP contribution in [0.3, 0.4) is 0 Å². The lowest BCUT2D eigenvalue weighted by molar-refractivity contribution is 0.0325. The van der Waals surface area contributed by atoms with Gasteiger partial charge in [-0.2, -0.15) is 0 Å². The first-order chi connectivity index (χ1) is 16.0. The summed E-state index contributed by atoms with van der Waals surface area (Å²) in [6.45, 7) is 5.96. The summed E-state index contributed by atoms with van der Waals surface area (Å²) in [4.78, 5) is 22.2. The molecule has 176 valence electrons. The number of fused-ring (bicyclic) bond motifs is 1. The molecule has 1 aliphatic heterocycles. The Morgan fingerprint density at radius 3 is 2.79 bits per heavy atom. The fourth-order valence-electron chi connectivity index (χ4n) is 4.70. The van der Waals surface area contributed by atoms with E-state index in [1.54, 1.807) is 4.90 Å². The van der Waals surface area contributed by atoms with Gasteiger partial charge in [0.05, 0.1) is 12.6 Å². The van der Waals surface area contributed by atoms with Gasteiger partial charge >= 0.3 is 0 Å². The van der Waals surface area contributed by atoms with E-state index in [0.29, 0.717) is 24.5 Å². The number of rotatable bonds is 7. The summed E-state index contributed by atoms with van der Waals surface area (Å²) in [6, 6.07) is 12.0. The van der Waals surface area contributed by atoms with Crippen molar-refractivity contribution in [3.63, 3.8) is 0 Å². The minimum absolute atomic E-state index is 0.0772. The van der Waals surface area contributed by atoms with E-state index in [1.165, 1.54) is 11.1 Å². The van der Waals surface area contributed by atoms with Crippen molar-refractivity contribution in [2.75, 3.05) is 26.7 Å². The van der Waals surface area contributed by atoms with Crippen LogP contribution in [0.1, 0.15) is 54.6 Å². The molecular formula is C27H35N3O3. The van der Waals surface area contributed by atoms with Crippen molar-refractivity contribution in [2.24, 2.45) is 5.92 Å². The molecule has 0 fully saturated rings. The number of carbonyl (C=O) groups excluding carboxylic acids is 1. The first-order valence-electron chi connectivity index (χ1n) is 12.0. The molecule has 0 spiro atoms. The summed E-state index contributed by atoms with van der Waals surface area (Å²) in [5.41, 5.74) is 3.97. The van der Waals surface area contributed by atoms with Gasteiger partial charge in [-0.15, -0.1) is 0 Å². The van der Waals surface area contributed by atoms with Crippen LogP contribution in [0.25, 0.3) is 5.57 Å². The molecule has 1 aliphatic carbocycles. The van der Waals surface area contributed by atoms with E-state index in [9.17, 15) is 9.90 Å². The fourth-order valence-corrected chi connectivity index (χ4v) is 4.70. The highest BCUT2D eigenvalue weighted by Gasteiger charge is 2.34. The second-order valence-electron chi connectivity index (χ2n) is 9.50. The van der Waals surface area contributed by atoms with E-state index < -0.39 is 0 Å². The lowest BCUT2D eigenvalue weighted by Crippen LogP contribution is -2.49. The average molecular weight is 450 g/mol. The number of aromatic nitrogens is 1. The predicted octanol–water partition coefficient (Wildman–Crippen LogP) is 4.00. The first-order valence-corrected chi connectivity index (χ1v) is 12.0. The third-order valence-electron chi connectivity index (χ3n) is 6.72. The van der Waals surface area contributed by atoms with E-state index >= 15 is 0 Å². The van der Waals surface area contributed by atoms with Crippen LogP contribution in [0, 0.1) is 5.92 Å². The lowest BCUT2D eigenvalue weighted by Gasteiger charge is -2.37. The van der Waals surface area contributed by atoms with Crippen molar-refractivity contribution < 1.29 is 14.6 Å². The molecule has 1 N–H and O–H groups in total. The van der Waals surface area contributed by atoms with Gasteiger partial charge in [-0.1, -0.05) is 43.3 Å². The molecule has 0 saturated carbocycles. The van der Waals surface area contributed by atoms with E-state index in [0.717, 1.165) is 31.4 Å². The monoisotopic (exact) mass is 449 g/mol. The average Bonchev–Trinajstić information content (AvgIpc) is 3.36. The largest absolute Gasteiger partial charge is 0.472 e. The zero-order valence-electron chi connectivity index (χ0n) is 19.9. The highest BCUT2D eigenvalue weighted by molar-refractivity contribution is 5.97. The highest BCUT2D eigenvalue weighted by atomic mass is 16.5. The molecule has 6 heteroatoms. The standard InChI is InChI=1S/C27H35N3O3/c1-19-15-30(20(2)18-31)27(32)24-13-23(22-11-7-8-12-22)14-28-26(24)33-25(19)17-29(3)16-21-9-5-4-6-10-21/h4-6,9-11,13-14,19-20,25,31H,7-8,12,15-18H2,1-3H3/t19-,20-,25-/m1/s1. The van der Waals surface area contributed by atoms with Crippen molar-refractivity contribution in [1.29, 1.82) is 0 Å². The molecule has 6 nitrogen and oxygen atoms in total. The molecule has 1 aromatic heterocycles. The fraction of sp³-hybridized carbons (Fsp3) is 0.481. The van der Waals surface area contributed by atoms with Crippen LogP contribution in [-0.2, 0) is 6.54 Å². The Balaban J connectivity index is 1.62. The van der Waals surface area contributed by atoms with Crippen LogP contribution in [0.4, 0.5) is 0 Å². The van der Waals surface area contributed by atoms with Gasteiger partial charge in [-0.25, -0.2) is 4.98 Å². The maximum atomic E-state index is 13.5. The number of allylic oxidation sites excluding steroid dienone is 2. The summed E-state index contributed by atoms with van der Waals surface area (Å²) >= 11 is 0.